The maximum atomic E-state index is 12.1. The molecule has 3 nitrogen and oxygen atoms in total. The van der Waals surface area contributed by atoms with Crippen molar-refractivity contribution in [3.8, 4) is 0 Å². The molecule has 0 unspecified atom stereocenters. The summed E-state index contributed by atoms with van der Waals surface area (Å²) in [5, 5.41) is 6.05. The molecule has 3 rings (SSSR count). The molecule has 2 fully saturated rings. The fourth-order valence-corrected chi connectivity index (χ4v) is 4.03. The van der Waals surface area contributed by atoms with Crippen molar-refractivity contribution in [2.45, 2.75) is 32.6 Å². The van der Waals surface area contributed by atoms with Crippen molar-refractivity contribution in [3.05, 3.63) is 22.4 Å². The topological polar surface area (TPSA) is 41.5 Å². The van der Waals surface area contributed by atoms with Gasteiger partial charge in [0.15, 0.2) is 0 Å². The third-order valence-electron chi connectivity index (χ3n) is 4.52. The average molecular weight is 262 g/mol. The van der Waals surface area contributed by atoms with Gasteiger partial charge in [-0.1, -0.05) is 25.8 Å². The number of hydrogen-bond donors (Lipinski definition) is 1. The molecule has 0 aromatic carbocycles. The highest BCUT2D eigenvalue weighted by molar-refractivity contribution is 7.11. The van der Waals surface area contributed by atoms with Gasteiger partial charge in [0, 0.05) is 10.8 Å². The van der Waals surface area contributed by atoms with Crippen LogP contribution in [-0.2, 0) is 4.79 Å². The van der Waals surface area contributed by atoms with Crippen LogP contribution in [0.3, 0.4) is 0 Å². The van der Waals surface area contributed by atoms with E-state index in [1.807, 2.05) is 17.5 Å². The van der Waals surface area contributed by atoms with E-state index in [0.29, 0.717) is 5.92 Å². The van der Waals surface area contributed by atoms with E-state index in [2.05, 4.69) is 17.5 Å². The molecular formula is C14H18N2OS. The van der Waals surface area contributed by atoms with Crippen molar-refractivity contribution in [2.75, 3.05) is 0 Å². The zero-order chi connectivity index (χ0) is 12.6. The van der Waals surface area contributed by atoms with E-state index in [9.17, 15) is 4.79 Å². The van der Waals surface area contributed by atoms with E-state index >= 15 is 0 Å². The lowest BCUT2D eigenvalue weighted by atomic mass is 9.90. The lowest BCUT2D eigenvalue weighted by molar-refractivity contribution is -0.123. The summed E-state index contributed by atoms with van der Waals surface area (Å²) in [6.07, 6.45) is 6.68. The molecule has 1 heterocycles. The normalized spacial score (nSPS) is 34.3. The Bertz CT molecular complexity index is 468. The molecule has 96 valence electrons. The van der Waals surface area contributed by atoms with Crippen molar-refractivity contribution in [1.82, 2.24) is 5.43 Å². The summed E-state index contributed by atoms with van der Waals surface area (Å²) >= 11 is 1.62. The van der Waals surface area contributed by atoms with Gasteiger partial charge in [0.05, 0.1) is 6.21 Å². The highest BCUT2D eigenvalue weighted by atomic mass is 32.1. The molecule has 0 bridgehead atoms. The summed E-state index contributed by atoms with van der Waals surface area (Å²) in [5.41, 5.74) is 2.97. The molecule has 0 radical (unpaired) electrons. The minimum Gasteiger partial charge on any atom is -0.273 e. The lowest BCUT2D eigenvalue weighted by Gasteiger charge is -2.15. The number of fused-ring (bicyclic) bond motifs is 1. The van der Waals surface area contributed by atoms with Crippen molar-refractivity contribution < 1.29 is 4.79 Å². The number of thiophene rings is 1. The van der Waals surface area contributed by atoms with E-state index in [0.717, 1.165) is 4.88 Å². The number of carbonyl (C=O) groups is 1. The van der Waals surface area contributed by atoms with Crippen LogP contribution < -0.4 is 5.43 Å². The van der Waals surface area contributed by atoms with Crippen LogP contribution in [0.15, 0.2) is 22.6 Å². The lowest BCUT2D eigenvalue weighted by Crippen LogP contribution is -2.22. The van der Waals surface area contributed by atoms with E-state index in [1.165, 1.54) is 25.7 Å². The van der Waals surface area contributed by atoms with Gasteiger partial charge >= 0.3 is 0 Å². The number of nitrogens with zero attached hydrogens (tertiary/aromatic N) is 1. The van der Waals surface area contributed by atoms with Crippen LogP contribution in [-0.4, -0.2) is 12.1 Å². The summed E-state index contributed by atoms with van der Waals surface area (Å²) in [7, 11) is 0. The monoisotopic (exact) mass is 262 g/mol. The molecule has 2 aliphatic rings. The second kappa shape index (κ2) is 4.50. The molecule has 1 N–H and O–H groups in total. The number of nitrogens with one attached hydrogen (secondary N) is 1. The predicted octanol–water partition coefficient (Wildman–Crippen LogP) is 3.02. The maximum Gasteiger partial charge on any atom is 0.244 e. The molecule has 2 aliphatic carbocycles. The standard InChI is InChI=1S/C14H18N2OS/c1-14-7-3-2-6-11(14)12(14)13(17)16-15-9-10-5-4-8-18-10/h4-5,8-9,11-12H,2-3,6-7H2,1H3,(H,16,17)/b15-9+/t11-,12-,14+/m1/s1. The summed E-state index contributed by atoms with van der Waals surface area (Å²) in [4.78, 5) is 13.1. The van der Waals surface area contributed by atoms with Crippen molar-refractivity contribution in [1.29, 1.82) is 0 Å². The number of hydrazone groups is 1. The third kappa shape index (κ3) is 1.99. The van der Waals surface area contributed by atoms with Crippen LogP contribution >= 0.6 is 11.3 Å². The highest BCUT2D eigenvalue weighted by Crippen LogP contribution is 2.66. The summed E-state index contributed by atoms with van der Waals surface area (Å²) in [6.45, 7) is 2.25. The zero-order valence-electron chi connectivity index (χ0n) is 10.6. The number of hydrogen-bond acceptors (Lipinski definition) is 3. The number of carbonyl (C=O) groups excluding carboxylic acids is 1. The highest BCUT2D eigenvalue weighted by Gasteiger charge is 2.64. The zero-order valence-corrected chi connectivity index (χ0v) is 11.4. The van der Waals surface area contributed by atoms with Crippen LogP contribution in [0.5, 0.6) is 0 Å². The first-order valence-electron chi connectivity index (χ1n) is 6.58. The average Bonchev–Trinajstić information content (AvgIpc) is 2.71. The number of rotatable bonds is 3. The predicted molar refractivity (Wildman–Crippen MR) is 73.6 cm³/mol. The van der Waals surface area contributed by atoms with Crippen molar-refractivity contribution >= 4 is 23.5 Å². The van der Waals surface area contributed by atoms with Gasteiger partial charge in [-0.05, 0) is 35.6 Å². The van der Waals surface area contributed by atoms with E-state index in [4.69, 9.17) is 0 Å². The van der Waals surface area contributed by atoms with Gasteiger partial charge in [-0.25, -0.2) is 5.43 Å². The SMILES string of the molecule is C[C@]12CCCC[C@@H]1[C@@H]2C(=O)N/N=C/c1cccs1. The largest absolute Gasteiger partial charge is 0.273 e. The van der Waals surface area contributed by atoms with Crippen LogP contribution in [0.4, 0.5) is 0 Å². The van der Waals surface area contributed by atoms with Gasteiger partial charge in [-0.15, -0.1) is 11.3 Å². The molecule has 0 aliphatic heterocycles. The van der Waals surface area contributed by atoms with E-state index in [-0.39, 0.29) is 17.2 Å². The summed E-state index contributed by atoms with van der Waals surface area (Å²) in [6, 6.07) is 3.96. The van der Waals surface area contributed by atoms with Crippen LogP contribution in [0.25, 0.3) is 0 Å². The quantitative estimate of drug-likeness (QED) is 0.660. The Morgan fingerprint density at radius 1 is 1.61 bits per heavy atom. The number of amides is 1. The Labute approximate surface area is 111 Å². The second-order valence-corrected chi connectivity index (χ2v) is 6.56. The van der Waals surface area contributed by atoms with Crippen LogP contribution in [0.1, 0.15) is 37.5 Å². The molecule has 3 atom stereocenters. The minimum atomic E-state index is 0.109. The Balaban J connectivity index is 1.57. The Kier molecular flexibility index (Phi) is 2.98. The molecule has 0 spiro atoms. The van der Waals surface area contributed by atoms with Gasteiger partial charge in [0.25, 0.3) is 0 Å². The van der Waals surface area contributed by atoms with Crippen LogP contribution in [0, 0.1) is 17.3 Å². The Morgan fingerprint density at radius 3 is 3.17 bits per heavy atom. The Morgan fingerprint density at radius 2 is 2.50 bits per heavy atom. The van der Waals surface area contributed by atoms with Gasteiger partial charge in [0.2, 0.25) is 5.91 Å². The molecular weight excluding hydrogens is 244 g/mol. The van der Waals surface area contributed by atoms with Crippen molar-refractivity contribution in [2.24, 2.45) is 22.4 Å². The van der Waals surface area contributed by atoms with Gasteiger partial charge < -0.3 is 0 Å². The first-order chi connectivity index (χ1) is 8.72. The minimum absolute atomic E-state index is 0.109. The Hall–Kier alpha value is -1.16. The first-order valence-corrected chi connectivity index (χ1v) is 7.46. The molecule has 1 amide bonds. The molecule has 18 heavy (non-hydrogen) atoms. The summed E-state index contributed by atoms with van der Waals surface area (Å²) in [5.74, 6) is 0.904. The molecule has 4 heteroatoms. The molecule has 1 aromatic heterocycles. The summed E-state index contributed by atoms with van der Waals surface area (Å²) < 4.78 is 0. The van der Waals surface area contributed by atoms with Gasteiger partial charge in [-0.3, -0.25) is 4.79 Å². The third-order valence-corrected chi connectivity index (χ3v) is 5.33. The van der Waals surface area contributed by atoms with Gasteiger partial charge in [-0.2, -0.15) is 5.10 Å². The van der Waals surface area contributed by atoms with Crippen LogP contribution in [0.2, 0.25) is 0 Å². The molecule has 0 saturated heterocycles. The first kappa shape index (κ1) is 11.9. The van der Waals surface area contributed by atoms with E-state index < -0.39 is 0 Å². The van der Waals surface area contributed by atoms with Gasteiger partial charge in [0.1, 0.15) is 0 Å². The smallest absolute Gasteiger partial charge is 0.244 e. The fourth-order valence-electron chi connectivity index (χ4n) is 3.44. The molecule has 2 saturated carbocycles. The maximum absolute atomic E-state index is 12.1. The van der Waals surface area contributed by atoms with Crippen molar-refractivity contribution in [3.63, 3.8) is 0 Å². The second-order valence-electron chi connectivity index (χ2n) is 5.59. The fraction of sp³-hybridized carbons (Fsp3) is 0.571. The van der Waals surface area contributed by atoms with E-state index in [1.54, 1.807) is 17.6 Å². The molecule has 1 aromatic rings.